The number of carbonyl (C=O) groups excluding carboxylic acids is 1. The van der Waals surface area contributed by atoms with Crippen molar-refractivity contribution in [3.8, 4) is 0 Å². The minimum Gasteiger partial charge on any atom is -0.393 e. The number of aryl methyl sites for hydroxylation is 1. The van der Waals surface area contributed by atoms with Crippen LogP contribution in [0.1, 0.15) is 40.7 Å². The largest absolute Gasteiger partial charge is 0.393 e. The molecule has 3 rings (SSSR count). The van der Waals surface area contributed by atoms with E-state index in [4.69, 9.17) is 4.84 Å². The molecule has 1 amide bonds. The summed E-state index contributed by atoms with van der Waals surface area (Å²) in [6, 6.07) is 3.60. The van der Waals surface area contributed by atoms with Crippen LogP contribution < -0.4 is 5.32 Å². The van der Waals surface area contributed by atoms with Crippen LogP contribution in [-0.4, -0.2) is 28.2 Å². The van der Waals surface area contributed by atoms with Gasteiger partial charge in [-0.25, -0.2) is 9.37 Å². The average Bonchev–Trinajstić information content (AvgIpc) is 3.43. The number of halogens is 1. The van der Waals surface area contributed by atoms with Crippen molar-refractivity contribution in [2.45, 2.75) is 38.7 Å². The lowest BCUT2D eigenvalue weighted by Crippen LogP contribution is -2.15. The van der Waals surface area contributed by atoms with E-state index in [1.165, 1.54) is 13.1 Å². The molecule has 1 fully saturated rings. The van der Waals surface area contributed by atoms with E-state index in [0.717, 1.165) is 37.4 Å². The maximum atomic E-state index is 13.5. The number of amides is 1. The van der Waals surface area contributed by atoms with Crippen molar-refractivity contribution in [2.75, 3.05) is 5.32 Å². The maximum Gasteiger partial charge on any atom is 0.258 e. The van der Waals surface area contributed by atoms with Crippen molar-refractivity contribution < 1.29 is 14.0 Å². The minimum absolute atomic E-state index is 0.192. The van der Waals surface area contributed by atoms with Crippen LogP contribution >= 0.6 is 0 Å². The SMILES string of the molecule is Cc1c(F)cncc1C(=O)Nc1ccc(CC/C=N/OC2CC2)cn1. The molecule has 0 radical (unpaired) electrons. The van der Waals surface area contributed by atoms with Crippen molar-refractivity contribution in [1.82, 2.24) is 9.97 Å². The first kappa shape index (κ1) is 17.0. The number of hydrogen-bond acceptors (Lipinski definition) is 5. The second kappa shape index (κ2) is 7.83. The smallest absolute Gasteiger partial charge is 0.258 e. The van der Waals surface area contributed by atoms with Gasteiger partial charge in [-0.3, -0.25) is 9.78 Å². The Kier molecular flexibility index (Phi) is 5.33. The molecule has 7 heteroatoms. The first-order chi connectivity index (χ1) is 12.1. The Labute approximate surface area is 145 Å². The van der Waals surface area contributed by atoms with Crippen LogP contribution in [0.15, 0.2) is 35.9 Å². The zero-order valence-corrected chi connectivity index (χ0v) is 13.9. The molecule has 1 saturated carbocycles. The number of nitrogens with one attached hydrogen (secondary N) is 1. The molecule has 0 bridgehead atoms. The van der Waals surface area contributed by atoms with Gasteiger partial charge in [-0.2, -0.15) is 0 Å². The van der Waals surface area contributed by atoms with Crippen LogP contribution in [-0.2, 0) is 11.3 Å². The highest BCUT2D eigenvalue weighted by Crippen LogP contribution is 2.23. The number of oxime groups is 1. The summed E-state index contributed by atoms with van der Waals surface area (Å²) in [6.07, 6.45) is 9.93. The minimum atomic E-state index is -0.511. The Hall–Kier alpha value is -2.83. The second-order valence-corrected chi connectivity index (χ2v) is 5.93. The van der Waals surface area contributed by atoms with E-state index in [0.29, 0.717) is 11.9 Å². The third-order valence-electron chi connectivity index (χ3n) is 3.84. The molecular weight excluding hydrogens is 323 g/mol. The number of pyridine rings is 2. The number of carbonyl (C=O) groups is 1. The van der Waals surface area contributed by atoms with Crippen LogP contribution in [0.4, 0.5) is 10.2 Å². The highest BCUT2D eigenvalue weighted by atomic mass is 19.1. The fourth-order valence-corrected chi connectivity index (χ4v) is 2.14. The van der Waals surface area contributed by atoms with Gasteiger partial charge in [0.1, 0.15) is 17.7 Å². The molecule has 0 unspecified atom stereocenters. The molecule has 1 aliphatic carbocycles. The molecule has 130 valence electrons. The van der Waals surface area contributed by atoms with Gasteiger partial charge in [0.05, 0.1) is 11.8 Å². The first-order valence-corrected chi connectivity index (χ1v) is 8.17. The van der Waals surface area contributed by atoms with Gasteiger partial charge < -0.3 is 10.2 Å². The van der Waals surface area contributed by atoms with Crippen molar-refractivity contribution in [3.63, 3.8) is 0 Å². The van der Waals surface area contributed by atoms with E-state index < -0.39 is 11.7 Å². The molecule has 25 heavy (non-hydrogen) atoms. The number of hydrogen-bond donors (Lipinski definition) is 1. The Morgan fingerprint density at radius 1 is 1.40 bits per heavy atom. The van der Waals surface area contributed by atoms with Crippen LogP contribution in [0.5, 0.6) is 0 Å². The lowest BCUT2D eigenvalue weighted by atomic mass is 10.1. The molecule has 0 saturated heterocycles. The Morgan fingerprint density at radius 3 is 2.96 bits per heavy atom. The summed E-state index contributed by atoms with van der Waals surface area (Å²) in [7, 11) is 0. The predicted octanol–water partition coefficient (Wildman–Crippen LogP) is 3.27. The Bertz CT molecular complexity index is 773. The molecule has 0 atom stereocenters. The summed E-state index contributed by atoms with van der Waals surface area (Å²) in [5, 5.41) is 6.56. The van der Waals surface area contributed by atoms with E-state index in [2.05, 4.69) is 20.4 Å². The van der Waals surface area contributed by atoms with Gasteiger partial charge in [0.2, 0.25) is 0 Å². The lowest BCUT2D eigenvalue weighted by Gasteiger charge is -2.07. The van der Waals surface area contributed by atoms with Gasteiger partial charge in [0.15, 0.2) is 0 Å². The normalized spacial score (nSPS) is 13.8. The molecule has 6 nitrogen and oxygen atoms in total. The highest BCUT2D eigenvalue weighted by molar-refractivity contribution is 6.04. The topological polar surface area (TPSA) is 76.5 Å². The van der Waals surface area contributed by atoms with E-state index in [1.54, 1.807) is 18.5 Å². The van der Waals surface area contributed by atoms with Crippen LogP contribution in [0.25, 0.3) is 0 Å². The van der Waals surface area contributed by atoms with Crippen LogP contribution in [0.3, 0.4) is 0 Å². The molecular formula is C18H19FN4O2. The monoisotopic (exact) mass is 342 g/mol. The van der Waals surface area contributed by atoms with E-state index in [9.17, 15) is 9.18 Å². The number of nitrogens with zero attached hydrogens (tertiary/aromatic N) is 3. The molecule has 1 aliphatic rings. The molecule has 0 spiro atoms. The van der Waals surface area contributed by atoms with Crippen LogP contribution in [0, 0.1) is 12.7 Å². The van der Waals surface area contributed by atoms with Gasteiger partial charge in [-0.1, -0.05) is 11.2 Å². The maximum absolute atomic E-state index is 13.5. The summed E-state index contributed by atoms with van der Waals surface area (Å²) in [4.78, 5) is 25.3. The third kappa shape index (κ3) is 4.82. The van der Waals surface area contributed by atoms with Crippen molar-refractivity contribution in [1.29, 1.82) is 0 Å². The third-order valence-corrected chi connectivity index (χ3v) is 3.84. The first-order valence-electron chi connectivity index (χ1n) is 8.17. The predicted molar refractivity (Wildman–Crippen MR) is 92.0 cm³/mol. The molecule has 2 aromatic heterocycles. The molecule has 0 aromatic carbocycles. The van der Waals surface area contributed by atoms with Crippen molar-refractivity contribution in [3.05, 3.63) is 53.2 Å². The fourth-order valence-electron chi connectivity index (χ4n) is 2.14. The van der Waals surface area contributed by atoms with Crippen molar-refractivity contribution >= 4 is 17.9 Å². The van der Waals surface area contributed by atoms with E-state index in [-0.39, 0.29) is 11.1 Å². The Morgan fingerprint density at radius 2 is 2.24 bits per heavy atom. The van der Waals surface area contributed by atoms with E-state index in [1.807, 2.05) is 6.07 Å². The van der Waals surface area contributed by atoms with Crippen LogP contribution in [0.2, 0.25) is 0 Å². The van der Waals surface area contributed by atoms with E-state index >= 15 is 0 Å². The van der Waals surface area contributed by atoms with Gasteiger partial charge in [-0.05, 0) is 44.2 Å². The summed E-state index contributed by atoms with van der Waals surface area (Å²) in [5.74, 6) is -0.541. The second-order valence-electron chi connectivity index (χ2n) is 5.93. The zero-order valence-electron chi connectivity index (χ0n) is 13.9. The highest BCUT2D eigenvalue weighted by Gasteiger charge is 2.23. The fraction of sp³-hybridized carbons (Fsp3) is 0.333. The van der Waals surface area contributed by atoms with Crippen molar-refractivity contribution in [2.24, 2.45) is 5.16 Å². The van der Waals surface area contributed by atoms with Gasteiger partial charge >= 0.3 is 0 Å². The number of anilines is 1. The van der Waals surface area contributed by atoms with Gasteiger partial charge in [0.25, 0.3) is 5.91 Å². The summed E-state index contributed by atoms with van der Waals surface area (Å²) < 4.78 is 13.5. The number of aromatic nitrogens is 2. The summed E-state index contributed by atoms with van der Waals surface area (Å²) in [5.41, 5.74) is 1.48. The molecule has 0 aliphatic heterocycles. The molecule has 2 heterocycles. The lowest BCUT2D eigenvalue weighted by molar-refractivity contribution is 0.102. The quantitative estimate of drug-likeness (QED) is 0.619. The summed E-state index contributed by atoms with van der Waals surface area (Å²) >= 11 is 0. The Balaban J connectivity index is 1.52. The number of rotatable bonds is 7. The average molecular weight is 342 g/mol. The van der Waals surface area contributed by atoms with Gasteiger partial charge in [0, 0.05) is 24.2 Å². The zero-order chi connectivity index (χ0) is 17.6. The standard InChI is InChI=1S/C18H19FN4O2/c1-12-15(10-20-11-16(12)19)18(24)23-17-7-4-13(9-21-17)3-2-8-22-25-14-5-6-14/h4,7-11,14H,2-3,5-6H2,1H3,(H,21,23,24)/b22-8+. The van der Waals surface area contributed by atoms with Gasteiger partial charge in [-0.15, -0.1) is 0 Å². The molecule has 1 N–H and O–H groups in total. The summed E-state index contributed by atoms with van der Waals surface area (Å²) in [6.45, 7) is 1.54. The molecule has 2 aromatic rings.